The summed E-state index contributed by atoms with van der Waals surface area (Å²) in [5.74, 6) is -3.25. The average molecular weight is 498 g/mol. The van der Waals surface area contributed by atoms with Crippen molar-refractivity contribution in [2.75, 3.05) is 19.6 Å². The summed E-state index contributed by atoms with van der Waals surface area (Å²) in [7, 11) is 0. The maximum atomic E-state index is 15.4. The number of nitrogens with zero attached hydrogens (tertiary/aromatic N) is 4. The van der Waals surface area contributed by atoms with E-state index in [4.69, 9.17) is 0 Å². The van der Waals surface area contributed by atoms with Crippen LogP contribution in [0.2, 0.25) is 0 Å². The third-order valence-electron chi connectivity index (χ3n) is 8.01. The number of piperidine rings is 1. The van der Waals surface area contributed by atoms with Gasteiger partial charge in [-0.15, -0.1) is 11.3 Å². The molecule has 0 spiro atoms. The number of carbonyl (C=O) groups excluding carboxylic acids is 1. The van der Waals surface area contributed by atoms with Gasteiger partial charge in [-0.1, -0.05) is 13.8 Å². The first kappa shape index (κ1) is 22.8. The topological polar surface area (TPSA) is 66.3 Å². The number of aromatic nitrogens is 4. The predicted octanol–water partition coefficient (Wildman–Crippen LogP) is 5.48. The molecule has 2 atom stereocenters. The van der Waals surface area contributed by atoms with Crippen LogP contribution in [0.25, 0.3) is 27.1 Å². The first-order valence-electron chi connectivity index (χ1n) is 12.1. The number of pyridine rings is 1. The number of likely N-dealkylation sites (tertiary alicyclic amines) is 1. The number of H-pyrrole nitrogens is 1. The Kier molecular flexibility index (Phi) is 4.84. The van der Waals surface area contributed by atoms with E-state index >= 15 is 8.78 Å². The van der Waals surface area contributed by atoms with Gasteiger partial charge in [0.1, 0.15) is 16.9 Å². The molecule has 1 aliphatic carbocycles. The molecule has 6 nitrogen and oxygen atoms in total. The molecular formula is C26H29F2N5OS. The number of ketones is 1. The van der Waals surface area contributed by atoms with Crippen molar-refractivity contribution in [3.63, 3.8) is 0 Å². The number of fused-ring (bicyclic) bond motifs is 3. The van der Waals surface area contributed by atoms with Crippen molar-refractivity contribution in [3.8, 4) is 11.3 Å². The van der Waals surface area contributed by atoms with Crippen molar-refractivity contribution in [2.24, 2.45) is 5.92 Å². The van der Waals surface area contributed by atoms with Crippen molar-refractivity contribution in [3.05, 3.63) is 40.2 Å². The van der Waals surface area contributed by atoms with Crippen molar-refractivity contribution < 1.29 is 13.6 Å². The molecule has 2 unspecified atom stereocenters. The van der Waals surface area contributed by atoms with E-state index in [1.165, 1.54) is 18.3 Å². The van der Waals surface area contributed by atoms with Crippen molar-refractivity contribution >= 4 is 33.0 Å². The number of nitrogens with one attached hydrogen (secondary N) is 1. The third-order valence-corrected chi connectivity index (χ3v) is 9.39. The number of carbonyl (C=O) groups is 1. The maximum absolute atomic E-state index is 15.4. The molecule has 4 aromatic rings. The molecule has 1 saturated carbocycles. The van der Waals surface area contributed by atoms with Gasteiger partial charge in [0.2, 0.25) is 0 Å². The van der Waals surface area contributed by atoms with Crippen LogP contribution in [-0.4, -0.2) is 55.8 Å². The summed E-state index contributed by atoms with van der Waals surface area (Å²) in [6.45, 7) is 10.9. The molecule has 6 rings (SSSR count). The van der Waals surface area contributed by atoms with Crippen molar-refractivity contribution in [1.82, 2.24) is 24.5 Å². The van der Waals surface area contributed by atoms with Gasteiger partial charge in [-0.3, -0.25) is 9.69 Å². The van der Waals surface area contributed by atoms with Crippen LogP contribution in [0.5, 0.6) is 0 Å². The molecule has 0 amide bonds. The minimum absolute atomic E-state index is 0.0236. The zero-order valence-corrected chi connectivity index (χ0v) is 21.4. The van der Waals surface area contributed by atoms with Gasteiger partial charge in [0.25, 0.3) is 5.92 Å². The number of aromatic amines is 1. The minimum Gasteiger partial charge on any atom is -0.346 e. The van der Waals surface area contributed by atoms with E-state index in [2.05, 4.69) is 35.0 Å². The van der Waals surface area contributed by atoms with Gasteiger partial charge in [-0.25, -0.2) is 18.3 Å². The summed E-state index contributed by atoms with van der Waals surface area (Å²) < 4.78 is 32.6. The molecule has 9 heteroatoms. The number of thiophene rings is 1. The highest BCUT2D eigenvalue weighted by molar-refractivity contribution is 7.19. The normalized spacial score (nSPS) is 23.9. The molecule has 2 aliphatic rings. The lowest BCUT2D eigenvalue weighted by Gasteiger charge is -2.29. The van der Waals surface area contributed by atoms with Gasteiger partial charge >= 0.3 is 0 Å². The number of alkyl halides is 2. The van der Waals surface area contributed by atoms with E-state index in [1.807, 2.05) is 24.9 Å². The van der Waals surface area contributed by atoms with Crippen LogP contribution >= 0.6 is 11.3 Å². The van der Waals surface area contributed by atoms with Gasteiger partial charge in [0, 0.05) is 28.6 Å². The Morgan fingerprint density at radius 3 is 2.80 bits per heavy atom. The van der Waals surface area contributed by atoms with E-state index in [0.29, 0.717) is 13.0 Å². The summed E-state index contributed by atoms with van der Waals surface area (Å²) in [5, 5.41) is 5.39. The molecule has 1 saturated heterocycles. The van der Waals surface area contributed by atoms with Gasteiger partial charge < -0.3 is 4.98 Å². The molecule has 1 N–H and O–H groups in total. The lowest BCUT2D eigenvalue weighted by Crippen LogP contribution is -2.38. The van der Waals surface area contributed by atoms with Crippen LogP contribution in [0, 0.1) is 19.8 Å². The molecule has 35 heavy (non-hydrogen) atoms. The predicted molar refractivity (Wildman–Crippen MR) is 134 cm³/mol. The largest absolute Gasteiger partial charge is 0.346 e. The SMILES string of the molecule is CC(=O)CN1CCC2(c3sc4[nH]c(-c5cc(C)c6ncnn6c5)c(C(C)C)c4c3C)C(C1)C2(F)F. The Balaban J connectivity index is 1.46. The minimum atomic E-state index is -2.75. The smallest absolute Gasteiger partial charge is 0.264 e. The van der Waals surface area contributed by atoms with E-state index in [9.17, 15) is 4.79 Å². The highest BCUT2D eigenvalue weighted by Gasteiger charge is 2.82. The lowest BCUT2D eigenvalue weighted by atomic mass is 9.88. The van der Waals surface area contributed by atoms with Crippen LogP contribution in [-0.2, 0) is 10.2 Å². The van der Waals surface area contributed by atoms with Crippen LogP contribution < -0.4 is 0 Å². The van der Waals surface area contributed by atoms with E-state index in [0.717, 1.165) is 48.7 Å². The first-order chi connectivity index (χ1) is 16.6. The first-order valence-corrected chi connectivity index (χ1v) is 12.9. The lowest BCUT2D eigenvalue weighted by molar-refractivity contribution is -0.118. The molecule has 4 aromatic heterocycles. The molecule has 2 fully saturated rings. The maximum Gasteiger partial charge on any atom is 0.264 e. The van der Waals surface area contributed by atoms with Crippen LogP contribution in [0.3, 0.4) is 0 Å². The molecule has 0 radical (unpaired) electrons. The molecular weight excluding hydrogens is 468 g/mol. The van der Waals surface area contributed by atoms with E-state index in [1.54, 1.807) is 10.8 Å². The standard InChI is InChI=1S/C26H29F2N5OS/c1-13(2)19-20-16(5)22(25-6-7-32(9-15(4)34)11-18(25)26(25,27)28)35-24(20)31-21(19)17-8-14(3)23-29-12-30-33(23)10-17/h8,10,12-13,18,31H,6-7,9,11H2,1-5H3. The molecule has 0 aromatic carbocycles. The number of rotatable bonds is 5. The zero-order chi connectivity index (χ0) is 24.9. The van der Waals surface area contributed by atoms with Crippen LogP contribution in [0.15, 0.2) is 18.6 Å². The van der Waals surface area contributed by atoms with Crippen LogP contribution in [0.4, 0.5) is 8.78 Å². The molecule has 5 heterocycles. The van der Waals surface area contributed by atoms with Gasteiger partial charge in [-0.2, -0.15) is 5.10 Å². The number of halogens is 2. The van der Waals surface area contributed by atoms with Gasteiger partial charge in [0.15, 0.2) is 5.65 Å². The Labute approximate surface area is 206 Å². The van der Waals surface area contributed by atoms with Gasteiger partial charge in [0.05, 0.1) is 23.6 Å². The Morgan fingerprint density at radius 2 is 2.11 bits per heavy atom. The zero-order valence-electron chi connectivity index (χ0n) is 20.6. The second kappa shape index (κ2) is 7.43. The average Bonchev–Trinajstić information content (AvgIpc) is 3.28. The van der Waals surface area contributed by atoms with Crippen molar-refractivity contribution in [1.29, 1.82) is 0 Å². The number of hydrogen-bond acceptors (Lipinski definition) is 5. The number of Topliss-reactive ketones (excluding diaryl/α,β-unsaturated/α-hetero) is 1. The van der Waals surface area contributed by atoms with Crippen molar-refractivity contribution in [2.45, 2.75) is 58.3 Å². The molecule has 1 aliphatic heterocycles. The van der Waals surface area contributed by atoms with Gasteiger partial charge in [-0.05, 0) is 62.4 Å². The highest BCUT2D eigenvalue weighted by Crippen LogP contribution is 2.72. The Morgan fingerprint density at radius 1 is 1.34 bits per heavy atom. The quantitative estimate of drug-likeness (QED) is 0.397. The fourth-order valence-electron chi connectivity index (χ4n) is 6.40. The Hall–Kier alpha value is -2.65. The fourth-order valence-corrected chi connectivity index (χ4v) is 7.94. The second-order valence-corrected chi connectivity index (χ2v) is 11.6. The van der Waals surface area contributed by atoms with E-state index < -0.39 is 17.3 Å². The monoisotopic (exact) mass is 497 g/mol. The molecule has 184 valence electrons. The number of aryl methyl sites for hydroxylation is 2. The summed E-state index contributed by atoms with van der Waals surface area (Å²) in [6.07, 6.45) is 3.90. The summed E-state index contributed by atoms with van der Waals surface area (Å²) in [5.41, 5.74) is 4.90. The Bertz CT molecular complexity index is 1500. The second-order valence-electron chi connectivity index (χ2n) is 10.6. The highest BCUT2D eigenvalue weighted by atomic mass is 32.1. The summed E-state index contributed by atoms with van der Waals surface area (Å²) in [6, 6.07) is 2.11. The summed E-state index contributed by atoms with van der Waals surface area (Å²) in [4.78, 5) is 23.1. The third kappa shape index (κ3) is 3.03. The number of hydrogen-bond donors (Lipinski definition) is 1. The summed E-state index contributed by atoms with van der Waals surface area (Å²) >= 11 is 1.49. The fraction of sp³-hybridized carbons (Fsp3) is 0.500. The van der Waals surface area contributed by atoms with E-state index in [-0.39, 0.29) is 24.8 Å². The van der Waals surface area contributed by atoms with Crippen LogP contribution in [0.1, 0.15) is 54.7 Å². The molecule has 0 bridgehead atoms.